The molecule has 2 heteroatoms. The van der Waals surface area contributed by atoms with Crippen LogP contribution in [0.5, 0.6) is 0 Å². The first-order valence-corrected chi connectivity index (χ1v) is 5.87. The maximum absolute atomic E-state index is 6.06. The summed E-state index contributed by atoms with van der Waals surface area (Å²) in [5.74, 6) is 0.897. The van der Waals surface area contributed by atoms with Crippen molar-refractivity contribution in [3.63, 3.8) is 0 Å². The van der Waals surface area contributed by atoms with Crippen LogP contribution < -0.4 is 11.1 Å². The Balaban J connectivity index is 2.00. The highest BCUT2D eigenvalue weighted by Crippen LogP contribution is 2.29. The van der Waals surface area contributed by atoms with Crippen molar-refractivity contribution >= 4 is 0 Å². The molecule has 1 aliphatic rings. The van der Waals surface area contributed by atoms with Crippen LogP contribution in [-0.2, 0) is 0 Å². The fourth-order valence-electron chi connectivity index (χ4n) is 1.95. The average Bonchev–Trinajstić information content (AvgIpc) is 2.62. The van der Waals surface area contributed by atoms with Crippen LogP contribution in [0.3, 0.4) is 0 Å². The second kappa shape index (κ2) is 4.63. The summed E-state index contributed by atoms with van der Waals surface area (Å²) in [6.45, 7) is 10.1. The number of nitrogens with one attached hydrogen (secondary N) is 1. The fourth-order valence-corrected chi connectivity index (χ4v) is 1.95. The highest BCUT2D eigenvalue weighted by molar-refractivity contribution is 4.89. The Hall–Kier alpha value is -0.0800. The molecule has 0 bridgehead atoms. The SMILES string of the molecule is CC1CC1NCCC(N)CC(C)(C)C. The van der Waals surface area contributed by atoms with E-state index in [1.165, 1.54) is 6.42 Å². The van der Waals surface area contributed by atoms with Crippen LogP contribution in [0.4, 0.5) is 0 Å². The molecule has 0 radical (unpaired) electrons. The third-order valence-electron chi connectivity index (χ3n) is 2.91. The quantitative estimate of drug-likeness (QED) is 0.710. The number of hydrogen-bond acceptors (Lipinski definition) is 2. The van der Waals surface area contributed by atoms with Crippen LogP contribution >= 0.6 is 0 Å². The Labute approximate surface area is 88.6 Å². The Morgan fingerprint density at radius 3 is 2.43 bits per heavy atom. The zero-order valence-electron chi connectivity index (χ0n) is 10.1. The summed E-state index contributed by atoms with van der Waals surface area (Å²) in [6.07, 6.45) is 3.59. The summed E-state index contributed by atoms with van der Waals surface area (Å²) >= 11 is 0. The van der Waals surface area contributed by atoms with Crippen molar-refractivity contribution in [2.75, 3.05) is 6.54 Å². The van der Waals surface area contributed by atoms with Crippen LogP contribution in [0.1, 0.15) is 47.0 Å². The molecule has 0 heterocycles. The van der Waals surface area contributed by atoms with E-state index in [0.717, 1.165) is 31.3 Å². The lowest BCUT2D eigenvalue weighted by Crippen LogP contribution is -2.31. The van der Waals surface area contributed by atoms with Gasteiger partial charge >= 0.3 is 0 Å². The summed E-state index contributed by atoms with van der Waals surface area (Å²) in [5, 5.41) is 3.54. The van der Waals surface area contributed by atoms with E-state index in [1.54, 1.807) is 0 Å². The highest BCUT2D eigenvalue weighted by Gasteiger charge is 2.31. The van der Waals surface area contributed by atoms with E-state index in [4.69, 9.17) is 5.73 Å². The van der Waals surface area contributed by atoms with Crippen LogP contribution in [0, 0.1) is 11.3 Å². The van der Waals surface area contributed by atoms with Crippen LogP contribution in [0.15, 0.2) is 0 Å². The standard InChI is InChI=1S/C12H26N2/c1-9-7-11(9)14-6-5-10(13)8-12(2,3)4/h9-11,14H,5-8,13H2,1-4H3. The topological polar surface area (TPSA) is 38.0 Å². The molecule has 0 aromatic carbocycles. The molecule has 3 N–H and O–H groups in total. The maximum atomic E-state index is 6.06. The molecule has 0 aromatic rings. The van der Waals surface area contributed by atoms with E-state index >= 15 is 0 Å². The summed E-state index contributed by atoms with van der Waals surface area (Å²) in [5.41, 5.74) is 6.43. The van der Waals surface area contributed by atoms with Gasteiger partial charge in [-0.2, -0.15) is 0 Å². The molecule has 1 aliphatic carbocycles. The van der Waals surface area contributed by atoms with Crippen molar-refractivity contribution in [1.29, 1.82) is 0 Å². The van der Waals surface area contributed by atoms with Crippen molar-refractivity contribution in [1.82, 2.24) is 5.32 Å². The van der Waals surface area contributed by atoms with Gasteiger partial charge in [-0.05, 0) is 37.1 Å². The van der Waals surface area contributed by atoms with Crippen molar-refractivity contribution in [3.8, 4) is 0 Å². The van der Waals surface area contributed by atoms with E-state index < -0.39 is 0 Å². The van der Waals surface area contributed by atoms with Gasteiger partial charge in [-0.3, -0.25) is 0 Å². The van der Waals surface area contributed by atoms with Crippen LogP contribution in [0.2, 0.25) is 0 Å². The number of hydrogen-bond donors (Lipinski definition) is 2. The predicted molar refractivity (Wildman–Crippen MR) is 62.2 cm³/mol. The third-order valence-corrected chi connectivity index (χ3v) is 2.91. The Bertz CT molecular complexity index is 172. The number of rotatable bonds is 5. The first kappa shape index (κ1) is 12.0. The Kier molecular flexibility index (Phi) is 3.96. The molecule has 3 atom stereocenters. The van der Waals surface area contributed by atoms with Crippen LogP contribution in [0.25, 0.3) is 0 Å². The van der Waals surface area contributed by atoms with Gasteiger partial charge in [-0.1, -0.05) is 27.7 Å². The average molecular weight is 198 g/mol. The van der Waals surface area contributed by atoms with Crippen molar-refractivity contribution in [2.24, 2.45) is 17.1 Å². The van der Waals surface area contributed by atoms with Gasteiger partial charge in [0, 0.05) is 12.1 Å². The number of nitrogens with two attached hydrogens (primary N) is 1. The molecule has 1 rings (SSSR count). The molecule has 2 nitrogen and oxygen atoms in total. The second-order valence-corrected chi connectivity index (χ2v) is 6.09. The van der Waals surface area contributed by atoms with Gasteiger partial charge in [-0.25, -0.2) is 0 Å². The molecule has 0 aromatic heterocycles. The van der Waals surface area contributed by atoms with Gasteiger partial charge in [0.25, 0.3) is 0 Å². The molecule has 1 saturated carbocycles. The van der Waals surface area contributed by atoms with Gasteiger partial charge in [0.1, 0.15) is 0 Å². The van der Waals surface area contributed by atoms with Gasteiger partial charge in [0.2, 0.25) is 0 Å². The first-order valence-electron chi connectivity index (χ1n) is 5.87. The van der Waals surface area contributed by atoms with Crippen molar-refractivity contribution < 1.29 is 0 Å². The van der Waals surface area contributed by atoms with E-state index in [2.05, 4.69) is 33.0 Å². The Morgan fingerprint density at radius 2 is 2.00 bits per heavy atom. The highest BCUT2D eigenvalue weighted by atomic mass is 15.0. The van der Waals surface area contributed by atoms with Gasteiger partial charge < -0.3 is 11.1 Å². The van der Waals surface area contributed by atoms with Crippen molar-refractivity contribution in [2.45, 2.75) is 59.0 Å². The molecular formula is C12H26N2. The summed E-state index contributed by atoms with van der Waals surface area (Å²) in [6, 6.07) is 1.15. The molecule has 0 spiro atoms. The molecule has 14 heavy (non-hydrogen) atoms. The largest absolute Gasteiger partial charge is 0.328 e. The summed E-state index contributed by atoms with van der Waals surface area (Å²) in [7, 11) is 0. The van der Waals surface area contributed by atoms with E-state index in [9.17, 15) is 0 Å². The lowest BCUT2D eigenvalue weighted by molar-refractivity contribution is 0.328. The lowest BCUT2D eigenvalue weighted by Gasteiger charge is -2.23. The molecule has 0 amide bonds. The minimum absolute atomic E-state index is 0.358. The molecule has 0 aliphatic heterocycles. The second-order valence-electron chi connectivity index (χ2n) is 6.09. The summed E-state index contributed by atoms with van der Waals surface area (Å²) < 4.78 is 0. The van der Waals surface area contributed by atoms with Gasteiger partial charge in [0.15, 0.2) is 0 Å². The zero-order chi connectivity index (χ0) is 10.8. The lowest BCUT2D eigenvalue weighted by atomic mass is 9.87. The monoisotopic (exact) mass is 198 g/mol. The molecule has 0 saturated heterocycles. The molecule has 1 fully saturated rings. The zero-order valence-corrected chi connectivity index (χ0v) is 10.1. The van der Waals surface area contributed by atoms with Crippen molar-refractivity contribution in [3.05, 3.63) is 0 Å². The van der Waals surface area contributed by atoms with E-state index in [-0.39, 0.29) is 0 Å². The normalized spacial score (nSPS) is 28.9. The summed E-state index contributed by atoms with van der Waals surface area (Å²) in [4.78, 5) is 0. The first-order chi connectivity index (χ1) is 6.38. The fraction of sp³-hybridized carbons (Fsp3) is 1.00. The third kappa shape index (κ3) is 4.97. The van der Waals surface area contributed by atoms with E-state index in [0.29, 0.717) is 11.5 Å². The molecule has 3 unspecified atom stereocenters. The van der Waals surface area contributed by atoms with Crippen LogP contribution in [-0.4, -0.2) is 18.6 Å². The Morgan fingerprint density at radius 1 is 1.43 bits per heavy atom. The minimum atomic E-state index is 0.358. The molecule has 84 valence electrons. The predicted octanol–water partition coefficient (Wildman–Crippen LogP) is 2.14. The smallest absolute Gasteiger partial charge is 0.00963 e. The van der Waals surface area contributed by atoms with Gasteiger partial charge in [-0.15, -0.1) is 0 Å². The molecular weight excluding hydrogens is 172 g/mol. The van der Waals surface area contributed by atoms with E-state index in [1.807, 2.05) is 0 Å². The maximum Gasteiger partial charge on any atom is 0.00963 e. The van der Waals surface area contributed by atoms with Gasteiger partial charge in [0.05, 0.1) is 0 Å². The minimum Gasteiger partial charge on any atom is -0.328 e.